The summed E-state index contributed by atoms with van der Waals surface area (Å²) in [4.78, 5) is 3.76. The summed E-state index contributed by atoms with van der Waals surface area (Å²) in [7, 11) is 0. The Morgan fingerprint density at radius 3 is 2.67 bits per heavy atom. The van der Waals surface area contributed by atoms with Crippen LogP contribution in [0.25, 0.3) is 0 Å². The third-order valence-electron chi connectivity index (χ3n) is 1.76. The van der Waals surface area contributed by atoms with Crippen LogP contribution in [0.2, 0.25) is 0 Å². The van der Waals surface area contributed by atoms with Crippen LogP contribution in [-0.4, -0.2) is 17.7 Å². The van der Waals surface area contributed by atoms with Gasteiger partial charge >= 0.3 is 6.18 Å². The van der Waals surface area contributed by atoms with Gasteiger partial charge in [0.1, 0.15) is 12.4 Å². The minimum absolute atomic E-state index is 0.138. The molecule has 1 aromatic heterocycles. The van der Waals surface area contributed by atoms with Crippen molar-refractivity contribution in [3.05, 3.63) is 16.2 Å². The van der Waals surface area contributed by atoms with Crippen molar-refractivity contribution in [2.24, 2.45) is 0 Å². The SMILES string of the molecule is Cc1c(N)cnc(NCC(F)(F)F)c1Br. The number of nitrogens with zero attached hydrogens (tertiary/aromatic N) is 1. The van der Waals surface area contributed by atoms with Gasteiger partial charge in [-0.3, -0.25) is 0 Å². The van der Waals surface area contributed by atoms with Gasteiger partial charge in [-0.05, 0) is 28.4 Å². The van der Waals surface area contributed by atoms with E-state index in [-0.39, 0.29) is 5.82 Å². The van der Waals surface area contributed by atoms with Crippen LogP contribution in [0, 0.1) is 6.92 Å². The van der Waals surface area contributed by atoms with Crippen LogP contribution in [0.3, 0.4) is 0 Å². The van der Waals surface area contributed by atoms with Gasteiger partial charge in [-0.1, -0.05) is 0 Å². The molecule has 1 heterocycles. The monoisotopic (exact) mass is 283 g/mol. The Kier molecular flexibility index (Phi) is 3.43. The fraction of sp³-hybridized carbons (Fsp3) is 0.375. The van der Waals surface area contributed by atoms with Crippen molar-refractivity contribution in [2.45, 2.75) is 13.1 Å². The molecule has 1 aromatic rings. The van der Waals surface area contributed by atoms with Crippen LogP contribution in [-0.2, 0) is 0 Å². The van der Waals surface area contributed by atoms with E-state index in [1.54, 1.807) is 6.92 Å². The summed E-state index contributed by atoms with van der Waals surface area (Å²) in [6, 6.07) is 0. The highest BCUT2D eigenvalue weighted by atomic mass is 79.9. The first-order valence-electron chi connectivity index (χ1n) is 4.02. The van der Waals surface area contributed by atoms with E-state index in [1.807, 2.05) is 0 Å². The van der Waals surface area contributed by atoms with Crippen molar-refractivity contribution >= 4 is 27.4 Å². The fourth-order valence-electron chi connectivity index (χ4n) is 0.899. The van der Waals surface area contributed by atoms with Gasteiger partial charge in [-0.2, -0.15) is 13.2 Å². The topological polar surface area (TPSA) is 50.9 Å². The normalized spacial score (nSPS) is 11.5. The molecule has 0 aliphatic heterocycles. The molecule has 0 saturated heterocycles. The van der Waals surface area contributed by atoms with E-state index in [4.69, 9.17) is 5.73 Å². The van der Waals surface area contributed by atoms with E-state index in [1.165, 1.54) is 6.20 Å². The number of alkyl halides is 3. The maximum atomic E-state index is 11.9. The van der Waals surface area contributed by atoms with E-state index >= 15 is 0 Å². The third-order valence-corrected chi connectivity index (χ3v) is 2.73. The van der Waals surface area contributed by atoms with Gasteiger partial charge in [0.25, 0.3) is 0 Å². The van der Waals surface area contributed by atoms with E-state index < -0.39 is 12.7 Å². The molecule has 0 unspecified atom stereocenters. The quantitative estimate of drug-likeness (QED) is 0.878. The van der Waals surface area contributed by atoms with Crippen LogP contribution < -0.4 is 11.1 Å². The van der Waals surface area contributed by atoms with Crippen molar-refractivity contribution in [3.63, 3.8) is 0 Å². The minimum atomic E-state index is -4.27. The zero-order valence-corrected chi connectivity index (χ0v) is 9.41. The van der Waals surface area contributed by atoms with Gasteiger partial charge in [-0.15, -0.1) is 0 Å². The summed E-state index contributed by atoms with van der Waals surface area (Å²) in [5.74, 6) is 0.138. The predicted molar refractivity (Wildman–Crippen MR) is 55.6 cm³/mol. The molecule has 84 valence electrons. The lowest BCUT2D eigenvalue weighted by Crippen LogP contribution is -2.22. The Labute approximate surface area is 93.0 Å². The number of pyridine rings is 1. The molecular formula is C8H9BrF3N3. The highest BCUT2D eigenvalue weighted by Crippen LogP contribution is 2.28. The second kappa shape index (κ2) is 4.26. The predicted octanol–water partition coefficient (Wildman–Crippen LogP) is 2.71. The average Bonchev–Trinajstić information content (AvgIpc) is 2.12. The number of anilines is 2. The smallest absolute Gasteiger partial charge is 0.397 e. The van der Waals surface area contributed by atoms with Crippen molar-refractivity contribution in [1.29, 1.82) is 0 Å². The summed E-state index contributed by atoms with van der Waals surface area (Å²) in [6.45, 7) is 0.571. The van der Waals surface area contributed by atoms with Crippen LogP contribution in [0.4, 0.5) is 24.7 Å². The molecule has 0 spiro atoms. The zero-order valence-electron chi connectivity index (χ0n) is 7.82. The molecule has 0 fully saturated rings. The first-order chi connectivity index (χ1) is 6.81. The standard InChI is InChI=1S/C8H9BrF3N3/c1-4-5(13)2-14-7(6(4)9)15-3-8(10,11)12/h2H,3,13H2,1H3,(H,14,15). The van der Waals surface area contributed by atoms with Crippen LogP contribution >= 0.6 is 15.9 Å². The second-order valence-corrected chi connectivity index (χ2v) is 3.76. The van der Waals surface area contributed by atoms with Crippen molar-refractivity contribution in [2.75, 3.05) is 17.6 Å². The number of nitrogen functional groups attached to an aromatic ring is 1. The zero-order chi connectivity index (χ0) is 11.6. The van der Waals surface area contributed by atoms with Gasteiger partial charge in [0, 0.05) is 0 Å². The van der Waals surface area contributed by atoms with Crippen molar-refractivity contribution in [1.82, 2.24) is 4.98 Å². The molecule has 0 bridgehead atoms. The number of rotatable bonds is 2. The molecule has 0 aliphatic rings. The molecule has 0 aliphatic carbocycles. The second-order valence-electron chi connectivity index (χ2n) is 2.97. The van der Waals surface area contributed by atoms with Crippen LogP contribution in [0.1, 0.15) is 5.56 Å². The Morgan fingerprint density at radius 2 is 2.13 bits per heavy atom. The molecule has 7 heteroatoms. The largest absolute Gasteiger partial charge is 0.405 e. The Hall–Kier alpha value is -0.980. The third kappa shape index (κ3) is 3.26. The highest BCUT2D eigenvalue weighted by molar-refractivity contribution is 9.10. The summed E-state index contributed by atoms with van der Waals surface area (Å²) in [5, 5.41) is 2.18. The van der Waals surface area contributed by atoms with Gasteiger partial charge in [0.15, 0.2) is 0 Å². The molecule has 3 nitrogen and oxygen atoms in total. The first kappa shape index (κ1) is 12.1. The first-order valence-corrected chi connectivity index (χ1v) is 4.82. The van der Waals surface area contributed by atoms with Gasteiger partial charge in [-0.25, -0.2) is 4.98 Å². The van der Waals surface area contributed by atoms with Crippen LogP contribution in [0.5, 0.6) is 0 Å². The minimum Gasteiger partial charge on any atom is -0.397 e. The number of hydrogen-bond acceptors (Lipinski definition) is 3. The number of aromatic nitrogens is 1. The van der Waals surface area contributed by atoms with Gasteiger partial charge < -0.3 is 11.1 Å². The fourth-order valence-corrected chi connectivity index (χ4v) is 1.37. The highest BCUT2D eigenvalue weighted by Gasteiger charge is 2.27. The lowest BCUT2D eigenvalue weighted by atomic mass is 10.2. The van der Waals surface area contributed by atoms with E-state index in [2.05, 4.69) is 26.2 Å². The lowest BCUT2D eigenvalue weighted by Gasteiger charge is -2.12. The van der Waals surface area contributed by atoms with E-state index in [0.29, 0.717) is 15.7 Å². The number of hydrogen-bond donors (Lipinski definition) is 2. The number of nitrogens with two attached hydrogens (primary N) is 1. The number of halogens is 4. The van der Waals surface area contributed by atoms with Crippen LogP contribution in [0.15, 0.2) is 10.7 Å². The summed E-state index contributed by atoms with van der Waals surface area (Å²) < 4.78 is 36.2. The summed E-state index contributed by atoms with van der Waals surface area (Å²) >= 11 is 3.13. The molecule has 15 heavy (non-hydrogen) atoms. The number of nitrogens with one attached hydrogen (secondary N) is 1. The Balaban J connectivity index is 2.83. The maximum absolute atomic E-state index is 11.9. The molecule has 0 atom stereocenters. The molecule has 0 radical (unpaired) electrons. The van der Waals surface area contributed by atoms with Crippen molar-refractivity contribution < 1.29 is 13.2 Å². The van der Waals surface area contributed by atoms with Crippen molar-refractivity contribution in [3.8, 4) is 0 Å². The molecule has 0 amide bonds. The molecule has 1 rings (SSSR count). The van der Waals surface area contributed by atoms with Gasteiger partial charge in [0.05, 0.1) is 16.4 Å². The molecular weight excluding hydrogens is 275 g/mol. The Bertz CT molecular complexity index is 365. The summed E-state index contributed by atoms with van der Waals surface area (Å²) in [5.41, 5.74) is 6.62. The van der Waals surface area contributed by atoms with E-state index in [0.717, 1.165) is 0 Å². The Morgan fingerprint density at radius 1 is 1.53 bits per heavy atom. The molecule has 3 N–H and O–H groups in total. The maximum Gasteiger partial charge on any atom is 0.405 e. The lowest BCUT2D eigenvalue weighted by molar-refractivity contribution is -0.115. The molecule has 0 aromatic carbocycles. The van der Waals surface area contributed by atoms with E-state index in [9.17, 15) is 13.2 Å². The molecule has 0 saturated carbocycles. The summed E-state index contributed by atoms with van der Waals surface area (Å²) in [6.07, 6.45) is -2.95. The average molecular weight is 284 g/mol. The van der Waals surface area contributed by atoms with Gasteiger partial charge in [0.2, 0.25) is 0 Å².